The Kier molecular flexibility index (Phi) is 6.32. The molecule has 2 aromatic carbocycles. The lowest BCUT2D eigenvalue weighted by Gasteiger charge is -2.26. The van der Waals surface area contributed by atoms with Crippen LogP contribution in [0.1, 0.15) is 42.5 Å². The Balaban J connectivity index is 1.57. The number of sulfonamides is 1. The number of hydrogen-bond acceptors (Lipinski definition) is 5. The highest BCUT2D eigenvalue weighted by Crippen LogP contribution is 2.30. The maximum atomic E-state index is 13.0. The molecule has 8 nitrogen and oxygen atoms in total. The topological polar surface area (TPSA) is 104 Å². The van der Waals surface area contributed by atoms with Crippen molar-refractivity contribution in [3.63, 3.8) is 0 Å². The van der Waals surface area contributed by atoms with Crippen LogP contribution in [-0.2, 0) is 19.6 Å². The molecule has 0 atom stereocenters. The van der Waals surface area contributed by atoms with Crippen LogP contribution in [0.25, 0.3) is 0 Å². The monoisotopic (exact) mass is 475 g/mol. The van der Waals surface area contributed by atoms with Crippen LogP contribution in [0.4, 0.5) is 11.4 Å². The molecule has 2 aliphatic heterocycles. The minimum atomic E-state index is -3.78. The molecule has 2 heterocycles. The first kappa shape index (κ1) is 22.4. The van der Waals surface area contributed by atoms with Gasteiger partial charge in [0.2, 0.25) is 21.8 Å². The van der Waals surface area contributed by atoms with Gasteiger partial charge in [0.1, 0.15) is 4.90 Å². The maximum absolute atomic E-state index is 13.0. The van der Waals surface area contributed by atoms with Gasteiger partial charge < -0.3 is 5.32 Å². The van der Waals surface area contributed by atoms with E-state index < -0.39 is 15.9 Å². The van der Waals surface area contributed by atoms with E-state index in [9.17, 15) is 22.8 Å². The molecule has 2 aromatic rings. The lowest BCUT2D eigenvalue weighted by molar-refractivity contribution is -0.121. The fraction of sp³-hybridized carbons (Fsp3) is 0.318. The summed E-state index contributed by atoms with van der Waals surface area (Å²) in [5.41, 5.74) is 0.828. The zero-order chi connectivity index (χ0) is 22.9. The standard InChI is InChI=1S/C22H22ClN3O5S/c23-18-8-7-16(14-19(18)32(30,31)25-11-2-1-3-12-25)24-22(29)15-5-4-6-17(13-15)26-20(27)9-10-21(26)28/h4-8,13-14H,1-3,9-12H2,(H,24,29). The van der Waals surface area contributed by atoms with Crippen molar-refractivity contribution < 1.29 is 22.8 Å². The molecule has 0 radical (unpaired) electrons. The number of halogens is 1. The predicted molar refractivity (Wildman–Crippen MR) is 120 cm³/mol. The molecule has 0 spiro atoms. The van der Waals surface area contributed by atoms with E-state index in [1.807, 2.05) is 0 Å². The molecule has 0 bridgehead atoms. The van der Waals surface area contributed by atoms with Crippen molar-refractivity contribution in [2.45, 2.75) is 37.0 Å². The summed E-state index contributed by atoms with van der Waals surface area (Å²) in [5.74, 6) is -1.12. The first-order valence-electron chi connectivity index (χ1n) is 10.3. The van der Waals surface area contributed by atoms with Crippen molar-refractivity contribution in [1.29, 1.82) is 0 Å². The fourth-order valence-corrected chi connectivity index (χ4v) is 5.89. The van der Waals surface area contributed by atoms with Crippen molar-refractivity contribution in [2.75, 3.05) is 23.3 Å². The number of benzene rings is 2. The summed E-state index contributed by atoms with van der Waals surface area (Å²) in [5, 5.41) is 2.76. The summed E-state index contributed by atoms with van der Waals surface area (Å²) in [4.78, 5) is 37.8. The number of piperidine rings is 1. The van der Waals surface area contributed by atoms with Crippen LogP contribution in [0.3, 0.4) is 0 Å². The molecular weight excluding hydrogens is 454 g/mol. The summed E-state index contributed by atoms with van der Waals surface area (Å²) < 4.78 is 27.5. The fourth-order valence-electron chi connectivity index (χ4n) is 3.88. The SMILES string of the molecule is O=C(Nc1ccc(Cl)c(S(=O)(=O)N2CCCCC2)c1)c1cccc(N2C(=O)CCC2=O)c1. The predicted octanol–water partition coefficient (Wildman–Crippen LogP) is 3.42. The van der Waals surface area contributed by atoms with E-state index in [0.29, 0.717) is 18.8 Å². The Labute approximate surface area is 191 Å². The molecule has 0 unspecified atom stereocenters. The first-order valence-corrected chi connectivity index (χ1v) is 12.2. The summed E-state index contributed by atoms with van der Waals surface area (Å²) in [6.07, 6.45) is 2.88. The summed E-state index contributed by atoms with van der Waals surface area (Å²) in [7, 11) is -3.78. The third-order valence-electron chi connectivity index (χ3n) is 5.54. The van der Waals surface area contributed by atoms with Crippen LogP contribution in [0, 0.1) is 0 Å². The van der Waals surface area contributed by atoms with Gasteiger partial charge in [0.25, 0.3) is 5.91 Å². The van der Waals surface area contributed by atoms with Crippen LogP contribution in [0.15, 0.2) is 47.4 Å². The lowest BCUT2D eigenvalue weighted by atomic mass is 10.1. The smallest absolute Gasteiger partial charge is 0.255 e. The number of nitrogens with zero attached hydrogens (tertiary/aromatic N) is 2. The highest BCUT2D eigenvalue weighted by molar-refractivity contribution is 7.89. The lowest BCUT2D eigenvalue weighted by Crippen LogP contribution is -2.35. The Morgan fingerprint density at radius 1 is 0.938 bits per heavy atom. The summed E-state index contributed by atoms with van der Waals surface area (Å²) >= 11 is 6.19. The minimum Gasteiger partial charge on any atom is -0.322 e. The van der Waals surface area contributed by atoms with Gasteiger partial charge in [0.05, 0.1) is 10.7 Å². The van der Waals surface area contributed by atoms with E-state index in [1.165, 1.54) is 28.6 Å². The average molecular weight is 476 g/mol. The zero-order valence-corrected chi connectivity index (χ0v) is 18.8. The third-order valence-corrected chi connectivity index (χ3v) is 7.92. The Morgan fingerprint density at radius 3 is 2.31 bits per heavy atom. The number of carbonyl (C=O) groups excluding carboxylic acids is 3. The number of carbonyl (C=O) groups is 3. The van der Waals surface area contributed by atoms with Crippen LogP contribution >= 0.6 is 11.6 Å². The molecule has 168 valence electrons. The van der Waals surface area contributed by atoms with Gasteiger partial charge in [-0.3, -0.25) is 19.3 Å². The van der Waals surface area contributed by atoms with Crippen LogP contribution in [-0.4, -0.2) is 43.5 Å². The molecule has 2 aliphatic rings. The molecule has 0 aromatic heterocycles. The van der Waals surface area contributed by atoms with Crippen molar-refractivity contribution >= 4 is 50.7 Å². The van der Waals surface area contributed by atoms with Gasteiger partial charge in [-0.25, -0.2) is 8.42 Å². The van der Waals surface area contributed by atoms with E-state index >= 15 is 0 Å². The molecule has 10 heteroatoms. The normalized spacial score (nSPS) is 17.6. The van der Waals surface area contributed by atoms with Gasteiger partial charge in [0.15, 0.2) is 0 Å². The van der Waals surface area contributed by atoms with E-state index in [2.05, 4.69) is 5.32 Å². The molecule has 1 N–H and O–H groups in total. The van der Waals surface area contributed by atoms with Crippen LogP contribution < -0.4 is 10.2 Å². The molecule has 32 heavy (non-hydrogen) atoms. The second kappa shape index (κ2) is 9.01. The zero-order valence-electron chi connectivity index (χ0n) is 17.2. The highest BCUT2D eigenvalue weighted by Gasteiger charge is 2.31. The second-order valence-corrected chi connectivity index (χ2v) is 10.1. The van der Waals surface area contributed by atoms with E-state index in [4.69, 9.17) is 11.6 Å². The molecule has 0 saturated carbocycles. The molecule has 4 rings (SSSR count). The van der Waals surface area contributed by atoms with Gasteiger partial charge in [0, 0.05) is 37.2 Å². The summed E-state index contributed by atoms with van der Waals surface area (Å²) in [6, 6.07) is 10.5. The van der Waals surface area contributed by atoms with Gasteiger partial charge in [-0.05, 0) is 49.2 Å². The third kappa shape index (κ3) is 4.41. The van der Waals surface area contributed by atoms with Gasteiger partial charge >= 0.3 is 0 Å². The summed E-state index contributed by atoms with van der Waals surface area (Å²) in [6.45, 7) is 0.881. The van der Waals surface area contributed by atoms with Gasteiger partial charge in [-0.1, -0.05) is 24.1 Å². The number of imide groups is 1. The molecule has 2 fully saturated rings. The quantitative estimate of drug-likeness (QED) is 0.667. The number of anilines is 2. The second-order valence-electron chi connectivity index (χ2n) is 7.74. The number of rotatable bonds is 5. The maximum Gasteiger partial charge on any atom is 0.255 e. The number of hydrogen-bond donors (Lipinski definition) is 1. The Bertz CT molecular complexity index is 1180. The molecule has 0 aliphatic carbocycles. The van der Waals surface area contributed by atoms with E-state index in [-0.39, 0.29) is 45.8 Å². The van der Waals surface area contributed by atoms with Crippen molar-refractivity contribution in [3.8, 4) is 0 Å². The largest absolute Gasteiger partial charge is 0.322 e. The van der Waals surface area contributed by atoms with E-state index in [1.54, 1.807) is 18.2 Å². The molecular formula is C22H22ClN3O5S. The van der Waals surface area contributed by atoms with E-state index in [0.717, 1.165) is 24.2 Å². The number of amides is 3. The van der Waals surface area contributed by atoms with Crippen molar-refractivity contribution in [2.24, 2.45) is 0 Å². The average Bonchev–Trinajstić information content (AvgIpc) is 3.13. The molecule has 2 saturated heterocycles. The Hall–Kier alpha value is -2.75. The van der Waals surface area contributed by atoms with Crippen LogP contribution in [0.2, 0.25) is 5.02 Å². The van der Waals surface area contributed by atoms with Crippen LogP contribution in [0.5, 0.6) is 0 Å². The van der Waals surface area contributed by atoms with Gasteiger partial charge in [-0.15, -0.1) is 0 Å². The van der Waals surface area contributed by atoms with Gasteiger partial charge in [-0.2, -0.15) is 4.31 Å². The first-order chi connectivity index (χ1) is 15.3. The highest BCUT2D eigenvalue weighted by atomic mass is 35.5. The number of nitrogens with one attached hydrogen (secondary N) is 1. The van der Waals surface area contributed by atoms with Crippen molar-refractivity contribution in [1.82, 2.24) is 4.31 Å². The Morgan fingerprint density at radius 2 is 1.62 bits per heavy atom. The molecule has 3 amide bonds. The van der Waals surface area contributed by atoms with Crippen molar-refractivity contribution in [3.05, 3.63) is 53.1 Å². The minimum absolute atomic E-state index is 0.0547.